The van der Waals surface area contributed by atoms with Crippen LogP contribution in [0.25, 0.3) is 0 Å². The van der Waals surface area contributed by atoms with Crippen molar-refractivity contribution in [2.24, 2.45) is 0 Å². The number of sulfonamides is 1. The standard InChI is InChI=1S/C29H33Cl2N3O4S/c1-6-27(29(36)32-5)33(17-24-25(30)8-7-9-26(24)31)28(35)18-34(22-13-12-20(3)21(4)16-22)39(37,38)23-14-10-19(2)11-15-23/h7-16,27H,6,17-18H2,1-5H3,(H,32,36)/t27-/m1/s1. The molecule has 0 spiro atoms. The van der Waals surface area contributed by atoms with Gasteiger partial charge in [0.1, 0.15) is 12.6 Å². The van der Waals surface area contributed by atoms with Gasteiger partial charge in [0.05, 0.1) is 10.6 Å². The molecule has 0 aliphatic rings. The van der Waals surface area contributed by atoms with Crippen LogP contribution in [0.2, 0.25) is 10.0 Å². The van der Waals surface area contributed by atoms with Crippen molar-refractivity contribution in [3.63, 3.8) is 0 Å². The number of halogens is 2. The number of hydrogen-bond acceptors (Lipinski definition) is 4. The lowest BCUT2D eigenvalue weighted by atomic mass is 10.1. The minimum atomic E-state index is -4.14. The number of likely N-dealkylation sites (N-methyl/N-ethyl adjacent to an activating group) is 1. The number of carbonyl (C=O) groups excluding carboxylic acids is 2. The molecule has 10 heteroatoms. The number of carbonyl (C=O) groups is 2. The van der Waals surface area contributed by atoms with Gasteiger partial charge in [-0.2, -0.15) is 0 Å². The largest absolute Gasteiger partial charge is 0.357 e. The highest BCUT2D eigenvalue weighted by Gasteiger charge is 2.34. The van der Waals surface area contributed by atoms with Gasteiger partial charge >= 0.3 is 0 Å². The van der Waals surface area contributed by atoms with Gasteiger partial charge in [-0.1, -0.05) is 60.0 Å². The Morgan fingerprint density at radius 3 is 2.08 bits per heavy atom. The van der Waals surface area contributed by atoms with Gasteiger partial charge in [-0.25, -0.2) is 8.42 Å². The number of anilines is 1. The number of hydrogen-bond donors (Lipinski definition) is 1. The van der Waals surface area contributed by atoms with Crippen molar-refractivity contribution in [3.05, 3.63) is 93.0 Å². The normalized spacial score (nSPS) is 12.1. The highest BCUT2D eigenvalue weighted by Crippen LogP contribution is 2.29. The average Bonchev–Trinajstić information content (AvgIpc) is 2.90. The number of nitrogens with zero attached hydrogens (tertiary/aromatic N) is 2. The highest BCUT2D eigenvalue weighted by molar-refractivity contribution is 7.92. The summed E-state index contributed by atoms with van der Waals surface area (Å²) in [4.78, 5) is 28.2. The molecule has 3 aromatic rings. The van der Waals surface area contributed by atoms with Crippen molar-refractivity contribution in [3.8, 4) is 0 Å². The number of rotatable bonds is 10. The SMILES string of the molecule is CC[C@H](C(=O)NC)N(Cc1c(Cl)cccc1Cl)C(=O)CN(c1ccc(C)c(C)c1)S(=O)(=O)c1ccc(C)cc1. The van der Waals surface area contributed by atoms with E-state index in [0.717, 1.165) is 21.0 Å². The Hall–Kier alpha value is -3.07. The first kappa shape index (κ1) is 30.5. The molecule has 0 bridgehead atoms. The van der Waals surface area contributed by atoms with Gasteiger partial charge < -0.3 is 10.2 Å². The van der Waals surface area contributed by atoms with E-state index in [1.165, 1.54) is 24.1 Å². The zero-order valence-corrected chi connectivity index (χ0v) is 25.0. The Morgan fingerprint density at radius 1 is 0.923 bits per heavy atom. The third kappa shape index (κ3) is 6.93. The van der Waals surface area contributed by atoms with E-state index in [0.29, 0.717) is 27.7 Å². The predicted octanol–water partition coefficient (Wildman–Crippen LogP) is 5.67. The maximum Gasteiger partial charge on any atom is 0.264 e. The topological polar surface area (TPSA) is 86.8 Å². The summed E-state index contributed by atoms with van der Waals surface area (Å²) in [5.74, 6) is -0.955. The van der Waals surface area contributed by atoms with Crippen molar-refractivity contribution in [1.29, 1.82) is 0 Å². The second kappa shape index (κ2) is 12.9. The Kier molecular flexibility index (Phi) is 10.0. The Bertz CT molecular complexity index is 1440. The Morgan fingerprint density at radius 2 is 1.54 bits per heavy atom. The molecule has 0 aromatic heterocycles. The van der Waals surface area contributed by atoms with E-state index in [4.69, 9.17) is 23.2 Å². The average molecular weight is 591 g/mol. The Balaban J connectivity index is 2.12. The van der Waals surface area contributed by atoms with Crippen molar-refractivity contribution < 1.29 is 18.0 Å². The summed E-state index contributed by atoms with van der Waals surface area (Å²) in [6.07, 6.45) is 0.293. The molecule has 0 saturated heterocycles. The van der Waals surface area contributed by atoms with Gasteiger partial charge in [0.25, 0.3) is 10.0 Å². The molecule has 1 atom stereocenters. The molecule has 3 rings (SSSR count). The lowest BCUT2D eigenvalue weighted by molar-refractivity contribution is -0.140. The molecule has 1 N–H and O–H groups in total. The van der Waals surface area contributed by atoms with E-state index in [1.807, 2.05) is 26.8 Å². The fourth-order valence-electron chi connectivity index (χ4n) is 4.19. The molecule has 7 nitrogen and oxygen atoms in total. The smallest absolute Gasteiger partial charge is 0.264 e. The molecule has 0 fully saturated rings. The molecule has 2 amide bonds. The summed E-state index contributed by atoms with van der Waals surface area (Å²) in [6, 6.07) is 15.8. The second-order valence-electron chi connectivity index (χ2n) is 9.35. The van der Waals surface area contributed by atoms with Gasteiger partial charge in [-0.05, 0) is 74.7 Å². The number of aryl methyl sites for hydroxylation is 3. The van der Waals surface area contributed by atoms with Crippen molar-refractivity contribution in [1.82, 2.24) is 10.2 Å². The predicted molar refractivity (Wildman–Crippen MR) is 157 cm³/mol. The molecule has 3 aromatic carbocycles. The second-order valence-corrected chi connectivity index (χ2v) is 12.0. The quantitative estimate of drug-likeness (QED) is 0.330. The van der Waals surface area contributed by atoms with E-state index >= 15 is 0 Å². The van der Waals surface area contributed by atoms with E-state index < -0.39 is 28.5 Å². The zero-order chi connectivity index (χ0) is 28.9. The molecule has 0 heterocycles. The minimum Gasteiger partial charge on any atom is -0.357 e. The van der Waals surface area contributed by atoms with Crippen LogP contribution in [0.3, 0.4) is 0 Å². The first-order valence-corrected chi connectivity index (χ1v) is 14.7. The Labute approximate surface area is 240 Å². The van der Waals surface area contributed by atoms with Crippen LogP contribution < -0.4 is 9.62 Å². The van der Waals surface area contributed by atoms with E-state index in [9.17, 15) is 18.0 Å². The van der Waals surface area contributed by atoms with Crippen molar-refractivity contribution >= 4 is 50.7 Å². The molecule has 0 aliphatic heterocycles. The summed E-state index contributed by atoms with van der Waals surface area (Å²) < 4.78 is 28.9. The van der Waals surface area contributed by atoms with Crippen LogP contribution in [0.4, 0.5) is 5.69 Å². The van der Waals surface area contributed by atoms with Crippen LogP contribution in [0, 0.1) is 20.8 Å². The number of nitrogens with one attached hydrogen (secondary N) is 1. The van der Waals surface area contributed by atoms with E-state index in [2.05, 4.69) is 5.32 Å². The first-order chi connectivity index (χ1) is 18.4. The molecule has 208 valence electrons. The molecule has 0 aliphatic carbocycles. The van der Waals surface area contributed by atoms with Crippen molar-refractivity contribution in [2.75, 3.05) is 17.9 Å². The molecule has 39 heavy (non-hydrogen) atoms. The van der Waals surface area contributed by atoms with Gasteiger partial charge in [0.2, 0.25) is 11.8 Å². The summed E-state index contributed by atoms with van der Waals surface area (Å²) in [5.41, 5.74) is 3.58. The van der Waals surface area contributed by atoms with Crippen molar-refractivity contribution in [2.45, 2.75) is 51.6 Å². The van der Waals surface area contributed by atoms with E-state index in [1.54, 1.807) is 49.4 Å². The van der Waals surface area contributed by atoms with Crippen LogP contribution in [-0.4, -0.2) is 44.8 Å². The molecular formula is C29H33Cl2N3O4S. The first-order valence-electron chi connectivity index (χ1n) is 12.5. The van der Waals surface area contributed by atoms with Crippen LogP contribution in [0.1, 0.15) is 35.6 Å². The van der Waals surface area contributed by atoms with Gasteiger partial charge in [0, 0.05) is 29.2 Å². The van der Waals surface area contributed by atoms with Gasteiger partial charge in [0.15, 0.2) is 0 Å². The zero-order valence-electron chi connectivity index (χ0n) is 22.7. The lowest BCUT2D eigenvalue weighted by Gasteiger charge is -2.33. The fourth-order valence-corrected chi connectivity index (χ4v) is 6.11. The third-order valence-corrected chi connectivity index (χ3v) is 9.19. The molecule has 0 radical (unpaired) electrons. The van der Waals surface area contributed by atoms with E-state index in [-0.39, 0.29) is 17.3 Å². The fraction of sp³-hybridized carbons (Fsp3) is 0.310. The lowest BCUT2D eigenvalue weighted by Crippen LogP contribution is -2.51. The number of benzene rings is 3. The monoisotopic (exact) mass is 589 g/mol. The minimum absolute atomic E-state index is 0.0539. The van der Waals surface area contributed by atoms with Crippen LogP contribution in [0.5, 0.6) is 0 Å². The van der Waals surface area contributed by atoms with Crippen LogP contribution in [0.15, 0.2) is 65.6 Å². The van der Waals surface area contributed by atoms with Gasteiger partial charge in [-0.15, -0.1) is 0 Å². The summed E-state index contributed by atoms with van der Waals surface area (Å²) >= 11 is 12.8. The maximum atomic E-state index is 14.0. The number of amides is 2. The third-order valence-electron chi connectivity index (χ3n) is 6.69. The van der Waals surface area contributed by atoms with Crippen LogP contribution in [-0.2, 0) is 26.2 Å². The van der Waals surface area contributed by atoms with Gasteiger partial charge in [-0.3, -0.25) is 13.9 Å². The molecular weight excluding hydrogens is 557 g/mol. The van der Waals surface area contributed by atoms with Crippen LogP contribution >= 0.6 is 23.2 Å². The highest BCUT2D eigenvalue weighted by atomic mass is 35.5. The summed E-state index contributed by atoms with van der Waals surface area (Å²) in [6.45, 7) is 6.83. The maximum absolute atomic E-state index is 14.0. The molecule has 0 saturated carbocycles. The summed E-state index contributed by atoms with van der Waals surface area (Å²) in [5, 5.41) is 3.27. The molecule has 0 unspecified atom stereocenters. The summed E-state index contributed by atoms with van der Waals surface area (Å²) in [7, 11) is -2.66.